The van der Waals surface area contributed by atoms with Gasteiger partial charge in [0.2, 0.25) is 0 Å². The molecule has 0 bridgehead atoms. The molecular weight excluding hydrogens is 789 g/mol. The molecule has 1 N–H and O–H groups in total. The summed E-state index contributed by atoms with van der Waals surface area (Å²) in [7, 11) is 3.37. The molecule has 9 aromatic rings. The van der Waals surface area contributed by atoms with Crippen molar-refractivity contribution < 1.29 is 14.6 Å². The number of para-hydroxylation sites is 3. The Balaban J connectivity index is 1.13. The van der Waals surface area contributed by atoms with E-state index in [0.717, 1.165) is 85.3 Å². The van der Waals surface area contributed by atoms with Crippen LogP contribution in [0.15, 0.2) is 237 Å². The highest BCUT2D eigenvalue weighted by Crippen LogP contribution is 2.43. The molecule has 0 unspecified atom stereocenters. The highest BCUT2D eigenvalue weighted by atomic mass is 16.5. The van der Waals surface area contributed by atoms with Gasteiger partial charge in [-0.25, -0.2) is 0 Å². The fraction of sp³-hybridized carbons (Fsp3) is 0.0526. The smallest absolute Gasteiger partial charge is 0.119 e. The van der Waals surface area contributed by atoms with Gasteiger partial charge in [0.25, 0.3) is 0 Å². The van der Waals surface area contributed by atoms with Gasteiger partial charge >= 0.3 is 0 Å². The van der Waals surface area contributed by atoms with Crippen LogP contribution in [-0.4, -0.2) is 19.3 Å². The minimum Gasteiger partial charge on any atom is -0.497 e. The summed E-state index contributed by atoms with van der Waals surface area (Å²) >= 11 is 0. The van der Waals surface area contributed by atoms with E-state index < -0.39 is 0 Å². The number of rotatable bonds is 15. The fourth-order valence-corrected chi connectivity index (χ4v) is 7.99. The van der Waals surface area contributed by atoms with Crippen molar-refractivity contribution in [2.45, 2.75) is 6.61 Å². The lowest BCUT2D eigenvalue weighted by Crippen LogP contribution is -2.14. The van der Waals surface area contributed by atoms with E-state index in [-0.39, 0.29) is 6.61 Å². The average Bonchev–Trinajstić information content (AvgIpc) is 3.37. The van der Waals surface area contributed by atoms with Gasteiger partial charge in [-0.1, -0.05) is 66.7 Å². The van der Waals surface area contributed by atoms with Crippen molar-refractivity contribution in [1.82, 2.24) is 0 Å². The fourth-order valence-electron chi connectivity index (χ4n) is 7.99. The topological polar surface area (TPSA) is 51.7 Å². The largest absolute Gasteiger partial charge is 0.497 e. The van der Waals surface area contributed by atoms with Crippen molar-refractivity contribution in [3.63, 3.8) is 0 Å². The molecule has 0 aromatic heterocycles. The van der Waals surface area contributed by atoms with Crippen LogP contribution in [0, 0.1) is 0 Å². The molecule has 0 atom stereocenters. The summed E-state index contributed by atoms with van der Waals surface area (Å²) in [6, 6.07) is 81.6. The van der Waals surface area contributed by atoms with Crippen LogP contribution in [0.4, 0.5) is 68.2 Å². The second-order valence-electron chi connectivity index (χ2n) is 15.1. The summed E-state index contributed by atoms with van der Waals surface area (Å²) in [5.41, 5.74) is 13.1. The average molecular weight is 837 g/mol. The summed E-state index contributed by atoms with van der Waals surface area (Å²) in [5.74, 6) is 1.62. The van der Waals surface area contributed by atoms with Crippen molar-refractivity contribution in [2.24, 2.45) is 0 Å². The van der Waals surface area contributed by atoms with Crippen molar-refractivity contribution in [3.05, 3.63) is 242 Å². The normalized spacial score (nSPS) is 10.8. The van der Waals surface area contributed by atoms with Gasteiger partial charge in [0, 0.05) is 68.2 Å². The lowest BCUT2D eigenvalue weighted by Gasteiger charge is -2.30. The summed E-state index contributed by atoms with van der Waals surface area (Å²) < 4.78 is 11.0. The first kappa shape index (κ1) is 41.1. The Morgan fingerprint density at radius 2 is 0.453 bits per heavy atom. The SMILES string of the molecule is COc1ccc(N(c2ccccc2)c2ccc(N(c3ccc(N(c4ccccc4)c4ccc(CO)cc4)cc3)c3ccc(N(c4ccccc4)c4ccc(OC)cc4)cc3)cc2)cc1. The predicted octanol–water partition coefficient (Wildman–Crippen LogP) is 15.1. The number of nitrogens with zero attached hydrogens (tertiary/aromatic N) is 4. The van der Waals surface area contributed by atoms with Crippen LogP contribution >= 0.6 is 0 Å². The first-order valence-corrected chi connectivity index (χ1v) is 21.2. The van der Waals surface area contributed by atoms with Crippen LogP contribution in [0.1, 0.15) is 5.56 Å². The Hall–Kier alpha value is -8.26. The first-order chi connectivity index (χ1) is 31.6. The van der Waals surface area contributed by atoms with Crippen LogP contribution in [0.3, 0.4) is 0 Å². The van der Waals surface area contributed by atoms with Crippen LogP contribution in [0.2, 0.25) is 0 Å². The van der Waals surface area contributed by atoms with Gasteiger partial charge in [0.15, 0.2) is 0 Å². The molecule has 0 saturated heterocycles. The zero-order valence-electron chi connectivity index (χ0n) is 35.8. The third-order valence-electron chi connectivity index (χ3n) is 11.2. The molecule has 64 heavy (non-hydrogen) atoms. The second kappa shape index (κ2) is 19.2. The highest BCUT2D eigenvalue weighted by Gasteiger charge is 2.20. The molecule has 314 valence electrons. The molecule has 0 spiro atoms. The molecule has 9 rings (SSSR count). The van der Waals surface area contributed by atoms with Crippen molar-refractivity contribution in [2.75, 3.05) is 33.8 Å². The third-order valence-corrected chi connectivity index (χ3v) is 11.2. The summed E-state index contributed by atoms with van der Waals surface area (Å²) in [6.07, 6.45) is 0. The van der Waals surface area contributed by atoms with E-state index in [0.29, 0.717) is 0 Å². The number of hydrogen-bond acceptors (Lipinski definition) is 7. The zero-order chi connectivity index (χ0) is 43.7. The number of hydrogen-bond donors (Lipinski definition) is 1. The van der Waals surface area contributed by atoms with Crippen LogP contribution in [0.5, 0.6) is 11.5 Å². The maximum atomic E-state index is 9.77. The predicted molar refractivity (Wildman–Crippen MR) is 264 cm³/mol. The number of anilines is 12. The molecule has 7 nitrogen and oxygen atoms in total. The van der Waals surface area contributed by atoms with Crippen LogP contribution < -0.4 is 29.1 Å². The van der Waals surface area contributed by atoms with Gasteiger partial charge in [0.1, 0.15) is 11.5 Å². The van der Waals surface area contributed by atoms with E-state index in [9.17, 15) is 5.11 Å². The van der Waals surface area contributed by atoms with E-state index >= 15 is 0 Å². The molecule has 0 aliphatic heterocycles. The van der Waals surface area contributed by atoms with E-state index in [2.05, 4.69) is 202 Å². The molecule has 0 saturated carbocycles. The van der Waals surface area contributed by atoms with Gasteiger partial charge in [-0.3, -0.25) is 0 Å². The minimum atomic E-state index is -0.00432. The van der Waals surface area contributed by atoms with Gasteiger partial charge in [-0.2, -0.15) is 0 Å². The lowest BCUT2D eigenvalue weighted by atomic mass is 10.1. The number of ether oxygens (including phenoxy) is 2. The molecule has 0 aliphatic rings. The van der Waals surface area contributed by atoms with Gasteiger partial charge in [0.05, 0.1) is 20.8 Å². The monoisotopic (exact) mass is 836 g/mol. The minimum absolute atomic E-state index is 0.00432. The Morgan fingerprint density at radius 1 is 0.266 bits per heavy atom. The number of aliphatic hydroxyl groups is 1. The number of methoxy groups -OCH3 is 2. The van der Waals surface area contributed by atoms with E-state index in [4.69, 9.17) is 9.47 Å². The number of aliphatic hydroxyl groups excluding tert-OH is 1. The molecule has 0 fully saturated rings. The molecule has 7 heteroatoms. The molecule has 0 amide bonds. The van der Waals surface area contributed by atoms with Crippen molar-refractivity contribution >= 4 is 68.2 Å². The van der Waals surface area contributed by atoms with Gasteiger partial charge in [-0.05, 0) is 175 Å². The van der Waals surface area contributed by atoms with E-state index in [1.807, 2.05) is 54.6 Å². The van der Waals surface area contributed by atoms with Crippen LogP contribution in [-0.2, 0) is 6.61 Å². The lowest BCUT2D eigenvalue weighted by molar-refractivity contribution is 0.282. The molecule has 9 aromatic carbocycles. The van der Waals surface area contributed by atoms with Gasteiger partial charge < -0.3 is 34.2 Å². The molecular formula is C57H48N4O3. The molecule has 0 radical (unpaired) electrons. The quantitative estimate of drug-likeness (QED) is 0.110. The maximum Gasteiger partial charge on any atom is 0.119 e. The van der Waals surface area contributed by atoms with E-state index in [1.165, 1.54) is 0 Å². The summed E-state index contributed by atoms with van der Waals surface area (Å²) in [5, 5.41) is 9.77. The highest BCUT2D eigenvalue weighted by molar-refractivity contribution is 5.85. The Labute approximate surface area is 375 Å². The zero-order valence-corrected chi connectivity index (χ0v) is 35.8. The van der Waals surface area contributed by atoms with E-state index in [1.54, 1.807) is 14.2 Å². The Morgan fingerprint density at radius 3 is 0.656 bits per heavy atom. The summed E-state index contributed by atoms with van der Waals surface area (Å²) in [6.45, 7) is -0.00432. The van der Waals surface area contributed by atoms with Gasteiger partial charge in [-0.15, -0.1) is 0 Å². The standard InChI is InChI=1S/C57H48N4O3/c1-63-56-38-34-54(35-39-56)59(45-14-8-4-9-15-45)49-24-30-52(31-25-49)61(51-28-22-48(23-29-51)58(44-12-6-3-7-13-44)47-20-18-43(42-62)19-21-47)53-32-26-50(27-33-53)60(46-16-10-5-11-17-46)55-36-40-57(64-2)41-37-55/h3-41,62H,42H2,1-2H3. The van der Waals surface area contributed by atoms with Crippen molar-refractivity contribution in [1.29, 1.82) is 0 Å². The Bertz CT molecular complexity index is 2520. The second-order valence-corrected chi connectivity index (χ2v) is 15.1. The first-order valence-electron chi connectivity index (χ1n) is 21.2. The third kappa shape index (κ3) is 8.88. The number of benzene rings is 9. The Kier molecular flexibility index (Phi) is 12.3. The van der Waals surface area contributed by atoms with Crippen molar-refractivity contribution in [3.8, 4) is 11.5 Å². The molecule has 0 heterocycles. The van der Waals surface area contributed by atoms with Crippen LogP contribution in [0.25, 0.3) is 0 Å². The molecule has 0 aliphatic carbocycles. The summed E-state index contributed by atoms with van der Waals surface area (Å²) in [4.78, 5) is 9.02. The maximum absolute atomic E-state index is 9.77.